The molecule has 0 saturated carbocycles. The molecule has 0 saturated heterocycles. The van der Waals surface area contributed by atoms with Crippen LogP contribution in [0, 0.1) is 13.8 Å². The van der Waals surface area contributed by atoms with Crippen LogP contribution in [0.5, 0.6) is 5.75 Å². The fourth-order valence-corrected chi connectivity index (χ4v) is 3.68. The van der Waals surface area contributed by atoms with E-state index in [1.54, 1.807) is 43.0 Å². The first kappa shape index (κ1) is 22.4. The number of nitrogens with zero attached hydrogens (tertiary/aromatic N) is 3. The lowest BCUT2D eigenvalue weighted by atomic mass is 10.1. The molecule has 9 heteroatoms. The second-order valence-electron chi connectivity index (χ2n) is 6.97. The fourth-order valence-electron chi connectivity index (χ4n) is 2.95. The molecule has 2 aromatic carbocycles. The Labute approximate surface area is 185 Å². The van der Waals surface area contributed by atoms with E-state index in [0.29, 0.717) is 22.3 Å². The van der Waals surface area contributed by atoms with Gasteiger partial charge in [0, 0.05) is 18.3 Å². The zero-order valence-corrected chi connectivity index (χ0v) is 18.7. The molecule has 31 heavy (non-hydrogen) atoms. The number of aromatic nitrogens is 3. The fraction of sp³-hybridized carbons (Fsp3) is 0.273. The Bertz CT molecular complexity index is 1060. The van der Waals surface area contributed by atoms with Crippen molar-refractivity contribution < 1.29 is 14.3 Å². The summed E-state index contributed by atoms with van der Waals surface area (Å²) in [5, 5.41) is 14.6. The van der Waals surface area contributed by atoms with E-state index in [9.17, 15) is 9.59 Å². The van der Waals surface area contributed by atoms with E-state index >= 15 is 0 Å². The van der Waals surface area contributed by atoms with Gasteiger partial charge in [-0.25, -0.2) is 0 Å². The summed E-state index contributed by atoms with van der Waals surface area (Å²) >= 11 is 1.29. The standard InChI is InChI=1S/C22H25N5O3S/c1-14-6-5-7-15(2)20(14)24-19(28)13-31-22-26-25-18(27(22)3)12-23-21(29)16-8-10-17(30-4)11-9-16/h5-11H,12-13H2,1-4H3,(H,23,29)(H,24,28). The van der Waals surface area contributed by atoms with Crippen LogP contribution in [-0.4, -0.2) is 39.4 Å². The number of rotatable bonds is 8. The second-order valence-corrected chi connectivity index (χ2v) is 7.92. The maximum absolute atomic E-state index is 12.4. The van der Waals surface area contributed by atoms with Gasteiger partial charge in [0.05, 0.1) is 19.4 Å². The summed E-state index contributed by atoms with van der Waals surface area (Å²) < 4.78 is 6.87. The zero-order chi connectivity index (χ0) is 22.4. The van der Waals surface area contributed by atoms with Gasteiger partial charge in [-0.15, -0.1) is 10.2 Å². The van der Waals surface area contributed by atoms with E-state index in [4.69, 9.17) is 4.74 Å². The maximum Gasteiger partial charge on any atom is 0.251 e. The first-order valence-corrected chi connectivity index (χ1v) is 10.7. The Hall–Kier alpha value is -3.33. The van der Waals surface area contributed by atoms with Crippen LogP contribution in [0.1, 0.15) is 27.3 Å². The summed E-state index contributed by atoms with van der Waals surface area (Å²) in [4.78, 5) is 24.7. The molecule has 0 unspecified atom stereocenters. The van der Waals surface area contributed by atoms with Crippen molar-refractivity contribution >= 4 is 29.3 Å². The summed E-state index contributed by atoms with van der Waals surface area (Å²) in [7, 11) is 3.38. The molecule has 0 atom stereocenters. The number of carbonyl (C=O) groups excluding carboxylic acids is 2. The molecule has 0 aliphatic carbocycles. The minimum atomic E-state index is -0.215. The molecule has 3 rings (SSSR count). The molecule has 1 heterocycles. The van der Waals surface area contributed by atoms with Gasteiger partial charge in [0.25, 0.3) is 5.91 Å². The highest BCUT2D eigenvalue weighted by Gasteiger charge is 2.14. The number of hydrogen-bond acceptors (Lipinski definition) is 6. The number of benzene rings is 2. The third-order valence-corrected chi connectivity index (χ3v) is 5.78. The van der Waals surface area contributed by atoms with Crippen LogP contribution in [0.15, 0.2) is 47.6 Å². The molecule has 3 aromatic rings. The number of thioether (sulfide) groups is 1. The summed E-state index contributed by atoms with van der Waals surface area (Å²) in [5.74, 6) is 1.16. The number of nitrogens with one attached hydrogen (secondary N) is 2. The lowest BCUT2D eigenvalue weighted by molar-refractivity contribution is -0.113. The van der Waals surface area contributed by atoms with Crippen molar-refractivity contribution in [2.45, 2.75) is 25.5 Å². The monoisotopic (exact) mass is 439 g/mol. The van der Waals surface area contributed by atoms with Gasteiger partial charge < -0.3 is 19.9 Å². The van der Waals surface area contributed by atoms with E-state index < -0.39 is 0 Å². The number of ether oxygens (including phenoxy) is 1. The van der Waals surface area contributed by atoms with Gasteiger partial charge >= 0.3 is 0 Å². The minimum absolute atomic E-state index is 0.111. The maximum atomic E-state index is 12.4. The molecule has 2 amide bonds. The Morgan fingerprint density at radius 3 is 2.39 bits per heavy atom. The molecule has 0 aliphatic rings. The molecule has 0 aliphatic heterocycles. The normalized spacial score (nSPS) is 10.6. The number of hydrogen-bond donors (Lipinski definition) is 2. The van der Waals surface area contributed by atoms with Crippen LogP contribution in [0.3, 0.4) is 0 Å². The molecule has 0 radical (unpaired) electrons. The Morgan fingerprint density at radius 2 is 1.74 bits per heavy atom. The van der Waals surface area contributed by atoms with Gasteiger partial charge in [-0.2, -0.15) is 0 Å². The number of anilines is 1. The number of methoxy groups -OCH3 is 1. The molecule has 1 aromatic heterocycles. The van der Waals surface area contributed by atoms with Crippen molar-refractivity contribution in [1.82, 2.24) is 20.1 Å². The molecule has 2 N–H and O–H groups in total. The van der Waals surface area contributed by atoms with Crippen molar-refractivity contribution in [3.05, 3.63) is 65.0 Å². The van der Waals surface area contributed by atoms with Gasteiger partial charge in [-0.05, 0) is 49.2 Å². The van der Waals surface area contributed by atoms with Gasteiger partial charge in [0.1, 0.15) is 5.75 Å². The largest absolute Gasteiger partial charge is 0.497 e. The Balaban J connectivity index is 1.53. The summed E-state index contributed by atoms with van der Waals surface area (Å²) in [5.41, 5.74) is 3.41. The SMILES string of the molecule is COc1ccc(C(=O)NCc2nnc(SCC(=O)Nc3c(C)cccc3C)n2C)cc1. The first-order valence-electron chi connectivity index (χ1n) is 9.68. The summed E-state index contributed by atoms with van der Waals surface area (Å²) in [6.45, 7) is 4.15. The zero-order valence-electron chi connectivity index (χ0n) is 17.9. The third-order valence-electron chi connectivity index (χ3n) is 4.76. The van der Waals surface area contributed by atoms with E-state index in [0.717, 1.165) is 16.8 Å². The van der Waals surface area contributed by atoms with E-state index in [2.05, 4.69) is 20.8 Å². The number of carbonyl (C=O) groups is 2. The Morgan fingerprint density at radius 1 is 1.06 bits per heavy atom. The topological polar surface area (TPSA) is 98.1 Å². The number of amides is 2. The Kier molecular flexibility index (Phi) is 7.30. The van der Waals surface area contributed by atoms with Crippen molar-refractivity contribution in [2.75, 3.05) is 18.2 Å². The van der Waals surface area contributed by atoms with E-state index in [-0.39, 0.29) is 24.1 Å². The summed E-state index contributed by atoms with van der Waals surface area (Å²) in [6.07, 6.45) is 0. The van der Waals surface area contributed by atoms with Gasteiger partial charge in [-0.1, -0.05) is 30.0 Å². The number of aryl methyl sites for hydroxylation is 2. The molecule has 0 bridgehead atoms. The van der Waals surface area contributed by atoms with Gasteiger partial charge in [-0.3, -0.25) is 9.59 Å². The molecule has 0 fully saturated rings. The lowest BCUT2D eigenvalue weighted by Gasteiger charge is -2.11. The molecule has 8 nitrogen and oxygen atoms in total. The predicted molar refractivity (Wildman–Crippen MR) is 120 cm³/mol. The van der Waals surface area contributed by atoms with Crippen LogP contribution in [-0.2, 0) is 18.4 Å². The minimum Gasteiger partial charge on any atom is -0.497 e. The van der Waals surface area contributed by atoms with Crippen LogP contribution in [0.25, 0.3) is 0 Å². The van der Waals surface area contributed by atoms with Gasteiger partial charge in [0.2, 0.25) is 5.91 Å². The molecular formula is C22H25N5O3S. The highest BCUT2D eigenvalue weighted by molar-refractivity contribution is 7.99. The predicted octanol–water partition coefficient (Wildman–Crippen LogP) is 3.10. The highest BCUT2D eigenvalue weighted by Crippen LogP contribution is 2.21. The molecule has 0 spiro atoms. The van der Waals surface area contributed by atoms with Crippen molar-refractivity contribution in [3.63, 3.8) is 0 Å². The average molecular weight is 440 g/mol. The quantitative estimate of drug-likeness (QED) is 0.524. The molecular weight excluding hydrogens is 414 g/mol. The smallest absolute Gasteiger partial charge is 0.251 e. The van der Waals surface area contributed by atoms with E-state index in [1.807, 2.05) is 32.0 Å². The second kappa shape index (κ2) is 10.1. The average Bonchev–Trinajstić information content (AvgIpc) is 3.12. The van der Waals surface area contributed by atoms with Crippen molar-refractivity contribution in [3.8, 4) is 5.75 Å². The van der Waals surface area contributed by atoms with Gasteiger partial charge in [0.15, 0.2) is 11.0 Å². The van der Waals surface area contributed by atoms with Crippen LogP contribution in [0.2, 0.25) is 0 Å². The van der Waals surface area contributed by atoms with Crippen LogP contribution < -0.4 is 15.4 Å². The van der Waals surface area contributed by atoms with E-state index in [1.165, 1.54) is 11.8 Å². The summed E-state index contributed by atoms with van der Waals surface area (Å²) in [6, 6.07) is 12.7. The van der Waals surface area contributed by atoms with Crippen LogP contribution >= 0.6 is 11.8 Å². The molecule has 162 valence electrons. The van der Waals surface area contributed by atoms with Crippen LogP contribution in [0.4, 0.5) is 5.69 Å². The van der Waals surface area contributed by atoms with Crippen molar-refractivity contribution in [1.29, 1.82) is 0 Å². The first-order chi connectivity index (χ1) is 14.9. The third kappa shape index (κ3) is 5.64. The highest BCUT2D eigenvalue weighted by atomic mass is 32.2. The van der Waals surface area contributed by atoms with Crippen molar-refractivity contribution in [2.24, 2.45) is 7.05 Å². The lowest BCUT2D eigenvalue weighted by Crippen LogP contribution is -2.24. The number of para-hydroxylation sites is 1.